The molecule has 1 N–H and O–H groups in total. The molecule has 134 valence electrons. The molecular formula is C19H24N2O3S. The molecule has 6 heteroatoms. The first-order valence-electron chi connectivity index (χ1n) is 8.81. The summed E-state index contributed by atoms with van der Waals surface area (Å²) in [5.74, 6) is 0.714. The topological polar surface area (TPSA) is 72.2 Å². The number of thiazole rings is 1. The van der Waals surface area contributed by atoms with Crippen LogP contribution < -0.4 is 10.9 Å². The average molecular weight is 360 g/mol. The number of carbonyl (C=O) groups excluding carboxylic acids is 1. The molecule has 0 atom stereocenters. The lowest BCUT2D eigenvalue weighted by Crippen LogP contribution is -2.31. The molecule has 5 nitrogen and oxygen atoms in total. The summed E-state index contributed by atoms with van der Waals surface area (Å²) in [6.45, 7) is 6.38. The van der Waals surface area contributed by atoms with E-state index in [1.54, 1.807) is 18.3 Å². The third kappa shape index (κ3) is 4.00. The Morgan fingerprint density at radius 1 is 1.36 bits per heavy atom. The molecule has 1 aliphatic carbocycles. The van der Waals surface area contributed by atoms with E-state index in [0.717, 1.165) is 42.1 Å². The molecule has 0 aromatic carbocycles. The van der Waals surface area contributed by atoms with E-state index in [-0.39, 0.29) is 11.5 Å². The molecule has 1 aliphatic rings. The van der Waals surface area contributed by atoms with Gasteiger partial charge in [-0.2, -0.15) is 0 Å². The maximum Gasteiger partial charge on any atom is 0.349 e. The van der Waals surface area contributed by atoms with Gasteiger partial charge in [0.05, 0.1) is 10.7 Å². The van der Waals surface area contributed by atoms with E-state index in [4.69, 9.17) is 4.42 Å². The standard InChI is InChI=1S/C19H24N2O3S/c1-11-10-15(14-6-4-7-14)24-19(23)17(11)18(22)20-9-5-8-16-21-12(2)13(3)25-16/h10,14H,4-9H2,1-3H3,(H,20,22). The van der Waals surface area contributed by atoms with Crippen LogP contribution in [0, 0.1) is 20.8 Å². The van der Waals surface area contributed by atoms with Gasteiger partial charge in [0, 0.05) is 23.8 Å². The molecule has 0 bridgehead atoms. The SMILES string of the molecule is Cc1cc(C2CCC2)oc(=O)c1C(=O)NCCCc1nc(C)c(C)s1. The summed E-state index contributed by atoms with van der Waals surface area (Å²) in [6.07, 6.45) is 4.91. The number of aryl methyl sites for hydroxylation is 4. The molecule has 0 spiro atoms. The molecule has 3 rings (SSSR count). The van der Waals surface area contributed by atoms with Gasteiger partial charge in [-0.05, 0) is 51.7 Å². The molecule has 0 saturated heterocycles. The van der Waals surface area contributed by atoms with E-state index in [1.807, 2.05) is 13.0 Å². The second kappa shape index (κ2) is 7.52. The molecule has 0 unspecified atom stereocenters. The number of nitrogens with zero attached hydrogens (tertiary/aromatic N) is 1. The monoisotopic (exact) mass is 360 g/mol. The van der Waals surface area contributed by atoms with Gasteiger partial charge in [-0.25, -0.2) is 9.78 Å². The lowest BCUT2D eigenvalue weighted by molar-refractivity contribution is 0.0947. The summed E-state index contributed by atoms with van der Waals surface area (Å²) >= 11 is 1.70. The lowest BCUT2D eigenvalue weighted by atomic mass is 9.83. The average Bonchev–Trinajstić information content (AvgIpc) is 2.80. The lowest BCUT2D eigenvalue weighted by Gasteiger charge is -2.24. The van der Waals surface area contributed by atoms with E-state index < -0.39 is 5.63 Å². The maximum atomic E-state index is 12.3. The Hall–Kier alpha value is -1.95. The minimum absolute atomic E-state index is 0.129. The molecule has 25 heavy (non-hydrogen) atoms. The van der Waals surface area contributed by atoms with E-state index in [0.29, 0.717) is 18.0 Å². The minimum atomic E-state index is -0.523. The third-order valence-electron chi connectivity index (χ3n) is 4.83. The number of hydrogen-bond donors (Lipinski definition) is 1. The zero-order valence-electron chi connectivity index (χ0n) is 15.0. The van der Waals surface area contributed by atoms with Crippen molar-refractivity contribution < 1.29 is 9.21 Å². The van der Waals surface area contributed by atoms with E-state index >= 15 is 0 Å². The van der Waals surface area contributed by atoms with Crippen LogP contribution in [0.15, 0.2) is 15.3 Å². The zero-order chi connectivity index (χ0) is 18.0. The Morgan fingerprint density at radius 2 is 2.12 bits per heavy atom. The summed E-state index contributed by atoms with van der Waals surface area (Å²) in [5.41, 5.74) is 1.38. The third-order valence-corrected chi connectivity index (χ3v) is 5.96. The zero-order valence-corrected chi connectivity index (χ0v) is 15.8. The first-order chi connectivity index (χ1) is 12.0. The summed E-state index contributed by atoms with van der Waals surface area (Å²) in [7, 11) is 0. The largest absolute Gasteiger partial charge is 0.427 e. The van der Waals surface area contributed by atoms with Crippen LogP contribution in [0.3, 0.4) is 0 Å². The van der Waals surface area contributed by atoms with Gasteiger partial charge in [0.15, 0.2) is 0 Å². The second-order valence-corrected chi connectivity index (χ2v) is 8.02. The summed E-state index contributed by atoms with van der Waals surface area (Å²) in [4.78, 5) is 30.3. The first kappa shape index (κ1) is 17.9. The first-order valence-corrected chi connectivity index (χ1v) is 9.63. The van der Waals surface area contributed by atoms with Crippen LogP contribution in [0.25, 0.3) is 0 Å². The highest BCUT2D eigenvalue weighted by Crippen LogP contribution is 2.36. The Balaban J connectivity index is 1.56. The van der Waals surface area contributed by atoms with Crippen LogP contribution in [0.1, 0.15) is 68.9 Å². The second-order valence-electron chi connectivity index (χ2n) is 6.73. The Bertz CT molecular complexity index is 814. The molecule has 2 aromatic heterocycles. The van der Waals surface area contributed by atoms with Crippen LogP contribution in [0.4, 0.5) is 0 Å². The van der Waals surface area contributed by atoms with E-state index in [1.165, 1.54) is 11.3 Å². The number of carbonyl (C=O) groups is 1. The number of hydrogen-bond acceptors (Lipinski definition) is 5. The molecule has 2 aromatic rings. The highest BCUT2D eigenvalue weighted by molar-refractivity contribution is 7.11. The van der Waals surface area contributed by atoms with Gasteiger partial charge in [0.1, 0.15) is 11.3 Å². The summed E-state index contributed by atoms with van der Waals surface area (Å²) in [6, 6.07) is 1.85. The van der Waals surface area contributed by atoms with E-state index in [2.05, 4.69) is 17.2 Å². The van der Waals surface area contributed by atoms with Crippen LogP contribution in [-0.2, 0) is 6.42 Å². The van der Waals surface area contributed by atoms with Crippen molar-refractivity contribution in [2.75, 3.05) is 6.54 Å². The number of nitrogens with one attached hydrogen (secondary N) is 1. The fraction of sp³-hybridized carbons (Fsp3) is 0.526. The van der Waals surface area contributed by atoms with Gasteiger partial charge in [-0.1, -0.05) is 6.42 Å². The van der Waals surface area contributed by atoms with Gasteiger partial charge in [-0.3, -0.25) is 4.79 Å². The van der Waals surface area contributed by atoms with Crippen molar-refractivity contribution in [1.82, 2.24) is 10.3 Å². The van der Waals surface area contributed by atoms with Crippen molar-refractivity contribution in [2.24, 2.45) is 0 Å². The molecule has 1 amide bonds. The smallest absolute Gasteiger partial charge is 0.349 e. The Morgan fingerprint density at radius 3 is 2.68 bits per heavy atom. The van der Waals surface area contributed by atoms with Crippen molar-refractivity contribution in [3.8, 4) is 0 Å². The van der Waals surface area contributed by atoms with Crippen molar-refractivity contribution in [1.29, 1.82) is 0 Å². The fourth-order valence-corrected chi connectivity index (χ4v) is 3.95. The highest BCUT2D eigenvalue weighted by Gasteiger charge is 2.25. The van der Waals surface area contributed by atoms with Crippen LogP contribution in [0.5, 0.6) is 0 Å². The van der Waals surface area contributed by atoms with Gasteiger partial charge >= 0.3 is 5.63 Å². The minimum Gasteiger partial charge on any atom is -0.427 e. The summed E-state index contributed by atoms with van der Waals surface area (Å²) in [5, 5.41) is 3.91. The van der Waals surface area contributed by atoms with Gasteiger partial charge < -0.3 is 9.73 Å². The predicted octanol–water partition coefficient (Wildman–Crippen LogP) is 3.65. The Labute approximate surface area is 151 Å². The Kier molecular flexibility index (Phi) is 5.37. The van der Waals surface area contributed by atoms with Crippen LogP contribution in [0.2, 0.25) is 0 Å². The fourth-order valence-electron chi connectivity index (χ4n) is 2.98. The molecule has 1 saturated carbocycles. The maximum absolute atomic E-state index is 12.3. The normalized spacial score (nSPS) is 14.4. The number of aromatic nitrogens is 1. The molecule has 2 heterocycles. The van der Waals surface area contributed by atoms with Crippen LogP contribution >= 0.6 is 11.3 Å². The van der Waals surface area contributed by atoms with Crippen molar-refractivity contribution in [2.45, 2.75) is 58.8 Å². The molecular weight excluding hydrogens is 336 g/mol. The highest BCUT2D eigenvalue weighted by atomic mass is 32.1. The van der Waals surface area contributed by atoms with Gasteiger partial charge in [0.25, 0.3) is 5.91 Å². The van der Waals surface area contributed by atoms with E-state index in [9.17, 15) is 9.59 Å². The molecule has 0 aliphatic heterocycles. The number of amides is 1. The van der Waals surface area contributed by atoms with Crippen molar-refractivity contribution >= 4 is 17.2 Å². The predicted molar refractivity (Wildman–Crippen MR) is 98.5 cm³/mol. The van der Waals surface area contributed by atoms with Gasteiger partial charge in [-0.15, -0.1) is 11.3 Å². The summed E-state index contributed by atoms with van der Waals surface area (Å²) < 4.78 is 5.38. The number of rotatable bonds is 6. The molecule has 0 radical (unpaired) electrons. The van der Waals surface area contributed by atoms with Crippen LogP contribution in [-0.4, -0.2) is 17.4 Å². The molecule has 1 fully saturated rings. The van der Waals surface area contributed by atoms with Crippen molar-refractivity contribution in [3.63, 3.8) is 0 Å². The van der Waals surface area contributed by atoms with Crippen molar-refractivity contribution in [3.05, 3.63) is 49.0 Å². The van der Waals surface area contributed by atoms with Gasteiger partial charge in [0.2, 0.25) is 0 Å². The quantitative estimate of drug-likeness (QED) is 0.798.